The number of hydrogen-bond donors (Lipinski definition) is 2. The maximum Gasteiger partial charge on any atom is 0.239 e. The van der Waals surface area contributed by atoms with Crippen molar-refractivity contribution in [1.29, 1.82) is 0 Å². The van der Waals surface area contributed by atoms with Crippen molar-refractivity contribution in [2.75, 3.05) is 19.6 Å². The second kappa shape index (κ2) is 5.15. The third-order valence-corrected chi connectivity index (χ3v) is 3.51. The van der Waals surface area contributed by atoms with Crippen molar-refractivity contribution in [3.05, 3.63) is 0 Å². The SMILES string of the molecule is C[C@H](N)C(=O)N1CCC[C@H](NCC2CC2)C1. The van der Waals surface area contributed by atoms with Crippen molar-refractivity contribution in [3.8, 4) is 0 Å². The molecule has 1 aliphatic carbocycles. The van der Waals surface area contributed by atoms with Crippen LogP contribution in [0.25, 0.3) is 0 Å². The summed E-state index contributed by atoms with van der Waals surface area (Å²) in [7, 11) is 0. The van der Waals surface area contributed by atoms with Gasteiger partial charge in [0, 0.05) is 19.1 Å². The summed E-state index contributed by atoms with van der Waals surface area (Å²) >= 11 is 0. The van der Waals surface area contributed by atoms with Crippen LogP contribution < -0.4 is 11.1 Å². The van der Waals surface area contributed by atoms with Crippen LogP contribution in [0.3, 0.4) is 0 Å². The number of piperidine rings is 1. The Morgan fingerprint density at radius 3 is 2.88 bits per heavy atom. The van der Waals surface area contributed by atoms with Crippen LogP contribution in [0.5, 0.6) is 0 Å². The Labute approximate surface area is 97.6 Å². The summed E-state index contributed by atoms with van der Waals surface area (Å²) in [5.41, 5.74) is 5.63. The van der Waals surface area contributed by atoms with E-state index in [1.165, 1.54) is 19.3 Å². The molecule has 2 atom stereocenters. The molecule has 1 amide bonds. The zero-order chi connectivity index (χ0) is 11.5. The van der Waals surface area contributed by atoms with Gasteiger partial charge in [0.1, 0.15) is 0 Å². The van der Waals surface area contributed by atoms with Gasteiger partial charge in [0.05, 0.1) is 6.04 Å². The Balaban J connectivity index is 1.76. The molecule has 2 aliphatic rings. The fourth-order valence-corrected chi connectivity index (χ4v) is 2.29. The van der Waals surface area contributed by atoms with Gasteiger partial charge >= 0.3 is 0 Å². The zero-order valence-electron chi connectivity index (χ0n) is 10.1. The molecule has 16 heavy (non-hydrogen) atoms. The minimum Gasteiger partial charge on any atom is -0.340 e. The van der Waals surface area contributed by atoms with Crippen LogP contribution >= 0.6 is 0 Å². The van der Waals surface area contributed by atoms with Crippen LogP contribution in [0.15, 0.2) is 0 Å². The highest BCUT2D eigenvalue weighted by atomic mass is 16.2. The lowest BCUT2D eigenvalue weighted by atomic mass is 10.0. The Hall–Kier alpha value is -0.610. The molecule has 1 aliphatic heterocycles. The van der Waals surface area contributed by atoms with Crippen molar-refractivity contribution < 1.29 is 4.79 Å². The first-order valence-corrected chi connectivity index (χ1v) is 6.44. The van der Waals surface area contributed by atoms with E-state index in [9.17, 15) is 4.79 Å². The molecule has 3 N–H and O–H groups in total. The number of amides is 1. The van der Waals surface area contributed by atoms with E-state index in [0.29, 0.717) is 6.04 Å². The van der Waals surface area contributed by atoms with Gasteiger partial charge in [-0.1, -0.05) is 0 Å². The molecular weight excluding hydrogens is 202 g/mol. The molecule has 4 nitrogen and oxygen atoms in total. The van der Waals surface area contributed by atoms with E-state index in [1.807, 2.05) is 4.90 Å². The molecule has 4 heteroatoms. The number of nitrogens with two attached hydrogens (primary N) is 1. The summed E-state index contributed by atoms with van der Waals surface area (Å²) in [5, 5.41) is 3.57. The van der Waals surface area contributed by atoms with Crippen LogP contribution in [0.1, 0.15) is 32.6 Å². The molecule has 0 radical (unpaired) electrons. The predicted octanol–water partition coefficient (Wildman–Crippen LogP) is 0.324. The lowest BCUT2D eigenvalue weighted by molar-refractivity contribution is -0.133. The average Bonchev–Trinajstić information content (AvgIpc) is 3.09. The fourth-order valence-electron chi connectivity index (χ4n) is 2.29. The lowest BCUT2D eigenvalue weighted by Gasteiger charge is -2.34. The number of carbonyl (C=O) groups excluding carboxylic acids is 1. The topological polar surface area (TPSA) is 58.4 Å². The molecule has 92 valence electrons. The molecule has 1 saturated heterocycles. The summed E-state index contributed by atoms with van der Waals surface area (Å²) in [6, 6.07) is 0.124. The van der Waals surface area contributed by atoms with Gasteiger partial charge in [-0.15, -0.1) is 0 Å². The number of hydrogen-bond acceptors (Lipinski definition) is 3. The van der Waals surface area contributed by atoms with Crippen molar-refractivity contribution >= 4 is 5.91 Å². The molecule has 0 unspecified atom stereocenters. The Kier molecular flexibility index (Phi) is 3.82. The van der Waals surface area contributed by atoms with Gasteiger partial charge in [-0.2, -0.15) is 0 Å². The number of likely N-dealkylation sites (tertiary alicyclic amines) is 1. The predicted molar refractivity (Wildman–Crippen MR) is 64.0 cm³/mol. The van der Waals surface area contributed by atoms with Crippen LogP contribution in [0.2, 0.25) is 0 Å². The molecule has 2 fully saturated rings. The minimum atomic E-state index is -0.359. The fraction of sp³-hybridized carbons (Fsp3) is 0.917. The summed E-state index contributed by atoms with van der Waals surface area (Å²) in [6.45, 7) is 4.61. The van der Waals surface area contributed by atoms with E-state index in [4.69, 9.17) is 5.73 Å². The molecular formula is C12H23N3O. The van der Waals surface area contributed by atoms with E-state index in [0.717, 1.165) is 32.0 Å². The Morgan fingerprint density at radius 1 is 1.50 bits per heavy atom. The highest BCUT2D eigenvalue weighted by molar-refractivity contribution is 5.81. The molecule has 0 aromatic heterocycles. The van der Waals surface area contributed by atoms with Crippen molar-refractivity contribution in [2.45, 2.75) is 44.7 Å². The van der Waals surface area contributed by atoms with E-state index in [2.05, 4.69) is 5.32 Å². The van der Waals surface area contributed by atoms with Gasteiger partial charge < -0.3 is 16.0 Å². The van der Waals surface area contributed by atoms with Crippen LogP contribution in [0.4, 0.5) is 0 Å². The van der Waals surface area contributed by atoms with Gasteiger partial charge in [0.15, 0.2) is 0 Å². The quantitative estimate of drug-likeness (QED) is 0.724. The Morgan fingerprint density at radius 2 is 2.25 bits per heavy atom. The number of nitrogens with one attached hydrogen (secondary N) is 1. The number of nitrogens with zero attached hydrogens (tertiary/aromatic N) is 1. The first-order chi connectivity index (χ1) is 7.66. The Bertz CT molecular complexity index is 251. The monoisotopic (exact) mass is 225 g/mol. The second-order valence-electron chi connectivity index (χ2n) is 5.26. The van der Waals surface area contributed by atoms with Crippen molar-refractivity contribution in [3.63, 3.8) is 0 Å². The summed E-state index contributed by atoms with van der Waals surface area (Å²) in [6.07, 6.45) is 5.04. The van der Waals surface area contributed by atoms with Crippen LogP contribution in [-0.2, 0) is 4.79 Å². The number of carbonyl (C=O) groups is 1. The van der Waals surface area contributed by atoms with E-state index < -0.39 is 0 Å². The minimum absolute atomic E-state index is 0.0953. The first-order valence-electron chi connectivity index (χ1n) is 6.44. The molecule has 1 saturated carbocycles. The normalized spacial score (nSPS) is 27.9. The molecule has 0 spiro atoms. The largest absolute Gasteiger partial charge is 0.340 e. The molecule has 0 aromatic rings. The van der Waals surface area contributed by atoms with E-state index in [-0.39, 0.29) is 11.9 Å². The molecule has 0 aromatic carbocycles. The molecule has 2 rings (SSSR count). The van der Waals surface area contributed by atoms with Gasteiger partial charge in [-0.25, -0.2) is 0 Å². The average molecular weight is 225 g/mol. The van der Waals surface area contributed by atoms with Gasteiger partial charge in [0.25, 0.3) is 0 Å². The third-order valence-electron chi connectivity index (χ3n) is 3.51. The maximum atomic E-state index is 11.8. The highest BCUT2D eigenvalue weighted by Crippen LogP contribution is 2.28. The highest BCUT2D eigenvalue weighted by Gasteiger charge is 2.27. The van der Waals surface area contributed by atoms with Crippen LogP contribution in [0, 0.1) is 5.92 Å². The third kappa shape index (κ3) is 3.19. The summed E-state index contributed by atoms with van der Waals surface area (Å²) < 4.78 is 0. The molecule has 1 heterocycles. The van der Waals surface area contributed by atoms with Gasteiger partial charge in [-0.3, -0.25) is 4.79 Å². The van der Waals surface area contributed by atoms with Crippen molar-refractivity contribution in [1.82, 2.24) is 10.2 Å². The van der Waals surface area contributed by atoms with Gasteiger partial charge in [-0.05, 0) is 45.1 Å². The summed E-state index contributed by atoms with van der Waals surface area (Å²) in [5.74, 6) is 0.998. The number of rotatable bonds is 4. The zero-order valence-corrected chi connectivity index (χ0v) is 10.1. The summed E-state index contributed by atoms with van der Waals surface area (Å²) in [4.78, 5) is 13.7. The van der Waals surface area contributed by atoms with E-state index >= 15 is 0 Å². The maximum absolute atomic E-state index is 11.8. The van der Waals surface area contributed by atoms with E-state index in [1.54, 1.807) is 6.92 Å². The lowest BCUT2D eigenvalue weighted by Crippen LogP contribution is -2.52. The van der Waals surface area contributed by atoms with Gasteiger partial charge in [0.2, 0.25) is 5.91 Å². The van der Waals surface area contributed by atoms with Crippen molar-refractivity contribution in [2.24, 2.45) is 11.7 Å². The standard InChI is InChI=1S/C12H23N3O/c1-9(13)12(16)15-6-2-3-11(8-15)14-7-10-4-5-10/h9-11,14H,2-8,13H2,1H3/t9-,11-/m0/s1. The molecule has 0 bridgehead atoms. The second-order valence-corrected chi connectivity index (χ2v) is 5.26. The van der Waals surface area contributed by atoms with Crippen LogP contribution in [-0.4, -0.2) is 42.5 Å². The first kappa shape index (κ1) is 11.9. The smallest absolute Gasteiger partial charge is 0.239 e.